The number of rotatable bonds is 4. The molecule has 1 aromatic rings. The highest BCUT2D eigenvalue weighted by atomic mass is 16.3. The van der Waals surface area contributed by atoms with Crippen LogP contribution in [-0.2, 0) is 17.9 Å². The molecular formula is C10H16N4O2. The predicted molar refractivity (Wildman–Crippen MR) is 56.3 cm³/mol. The molecule has 1 unspecified atom stereocenters. The summed E-state index contributed by atoms with van der Waals surface area (Å²) in [5.74, 6) is 0.963. The summed E-state index contributed by atoms with van der Waals surface area (Å²) in [6.07, 6.45) is 2.11. The molecule has 1 aliphatic heterocycles. The van der Waals surface area contributed by atoms with Crippen LogP contribution in [0.5, 0.6) is 0 Å². The zero-order valence-electron chi connectivity index (χ0n) is 9.33. The molecule has 0 aliphatic carbocycles. The number of carbonyl (C=O) groups is 1. The van der Waals surface area contributed by atoms with Crippen LogP contribution in [0.25, 0.3) is 0 Å². The summed E-state index contributed by atoms with van der Waals surface area (Å²) in [6, 6.07) is 0. The summed E-state index contributed by atoms with van der Waals surface area (Å²) >= 11 is 0. The Bertz CT molecular complexity index is 377. The number of hydrogen-bond donors (Lipinski definition) is 1. The van der Waals surface area contributed by atoms with Crippen molar-refractivity contribution in [2.45, 2.75) is 26.4 Å². The Hall–Kier alpha value is -1.43. The third-order valence-electron chi connectivity index (χ3n) is 2.92. The molecule has 6 heteroatoms. The van der Waals surface area contributed by atoms with Crippen molar-refractivity contribution in [3.8, 4) is 0 Å². The first-order chi connectivity index (χ1) is 7.74. The fourth-order valence-electron chi connectivity index (χ4n) is 1.97. The van der Waals surface area contributed by atoms with Crippen molar-refractivity contribution in [1.82, 2.24) is 19.7 Å². The van der Waals surface area contributed by atoms with Crippen molar-refractivity contribution in [3.63, 3.8) is 0 Å². The minimum absolute atomic E-state index is 0.0721. The lowest BCUT2D eigenvalue weighted by Gasteiger charge is -2.15. The van der Waals surface area contributed by atoms with Gasteiger partial charge < -0.3 is 14.6 Å². The van der Waals surface area contributed by atoms with Gasteiger partial charge in [-0.2, -0.15) is 0 Å². The third-order valence-corrected chi connectivity index (χ3v) is 2.92. The molecule has 0 saturated carbocycles. The minimum atomic E-state index is 0.0721. The van der Waals surface area contributed by atoms with Gasteiger partial charge in [-0.15, -0.1) is 10.2 Å². The first-order valence-corrected chi connectivity index (χ1v) is 5.50. The van der Waals surface area contributed by atoms with Crippen LogP contribution in [0.15, 0.2) is 6.33 Å². The second-order valence-electron chi connectivity index (χ2n) is 4.06. The van der Waals surface area contributed by atoms with Gasteiger partial charge in [0.15, 0.2) is 5.82 Å². The SMILES string of the molecule is CCn1cnnc1CN1CC(CO)CC1=O. The van der Waals surface area contributed by atoms with Crippen LogP contribution in [0.1, 0.15) is 19.2 Å². The van der Waals surface area contributed by atoms with Gasteiger partial charge in [0.1, 0.15) is 6.33 Å². The Morgan fingerprint density at radius 1 is 1.62 bits per heavy atom. The maximum absolute atomic E-state index is 11.6. The number of aromatic nitrogens is 3. The molecule has 1 saturated heterocycles. The summed E-state index contributed by atoms with van der Waals surface area (Å²) < 4.78 is 1.92. The van der Waals surface area contributed by atoms with Crippen molar-refractivity contribution in [1.29, 1.82) is 0 Å². The van der Waals surface area contributed by atoms with Gasteiger partial charge in [0.2, 0.25) is 5.91 Å². The molecule has 88 valence electrons. The van der Waals surface area contributed by atoms with E-state index in [0.29, 0.717) is 19.5 Å². The molecular weight excluding hydrogens is 208 g/mol. The zero-order chi connectivity index (χ0) is 11.5. The van der Waals surface area contributed by atoms with Crippen molar-refractivity contribution < 1.29 is 9.90 Å². The number of carbonyl (C=O) groups excluding carboxylic acids is 1. The van der Waals surface area contributed by atoms with E-state index >= 15 is 0 Å². The Labute approximate surface area is 93.9 Å². The van der Waals surface area contributed by atoms with Gasteiger partial charge in [-0.1, -0.05) is 0 Å². The summed E-state index contributed by atoms with van der Waals surface area (Å²) in [7, 11) is 0. The number of aryl methyl sites for hydroxylation is 1. The third kappa shape index (κ3) is 2.06. The van der Waals surface area contributed by atoms with Crippen LogP contribution in [0, 0.1) is 5.92 Å². The van der Waals surface area contributed by atoms with E-state index in [9.17, 15) is 4.79 Å². The average Bonchev–Trinajstić information content (AvgIpc) is 2.86. The fourth-order valence-corrected chi connectivity index (χ4v) is 1.97. The van der Waals surface area contributed by atoms with E-state index in [2.05, 4.69) is 10.2 Å². The maximum Gasteiger partial charge on any atom is 0.223 e. The Kier molecular flexibility index (Phi) is 3.19. The molecule has 0 radical (unpaired) electrons. The number of amides is 1. The Morgan fingerprint density at radius 3 is 3.06 bits per heavy atom. The molecule has 1 aromatic heterocycles. The second-order valence-corrected chi connectivity index (χ2v) is 4.06. The first-order valence-electron chi connectivity index (χ1n) is 5.50. The van der Waals surface area contributed by atoms with Crippen LogP contribution >= 0.6 is 0 Å². The van der Waals surface area contributed by atoms with Gasteiger partial charge in [-0.25, -0.2) is 0 Å². The van der Waals surface area contributed by atoms with Gasteiger partial charge in [-0.3, -0.25) is 4.79 Å². The monoisotopic (exact) mass is 224 g/mol. The molecule has 2 rings (SSSR count). The van der Waals surface area contributed by atoms with Crippen LogP contribution in [0.2, 0.25) is 0 Å². The van der Waals surface area contributed by atoms with Crippen molar-refractivity contribution in [2.24, 2.45) is 5.92 Å². The molecule has 1 amide bonds. The highest BCUT2D eigenvalue weighted by Crippen LogP contribution is 2.18. The average molecular weight is 224 g/mol. The highest BCUT2D eigenvalue weighted by molar-refractivity contribution is 5.78. The second kappa shape index (κ2) is 4.61. The van der Waals surface area contributed by atoms with Crippen LogP contribution in [0.3, 0.4) is 0 Å². The smallest absolute Gasteiger partial charge is 0.223 e. The molecule has 0 aromatic carbocycles. The molecule has 0 spiro atoms. The van der Waals surface area contributed by atoms with E-state index in [0.717, 1.165) is 12.4 Å². The van der Waals surface area contributed by atoms with E-state index < -0.39 is 0 Å². The van der Waals surface area contributed by atoms with Crippen LogP contribution in [-0.4, -0.2) is 43.8 Å². The van der Waals surface area contributed by atoms with E-state index in [1.54, 1.807) is 11.2 Å². The topological polar surface area (TPSA) is 71.2 Å². The van der Waals surface area contributed by atoms with Gasteiger partial charge >= 0.3 is 0 Å². The lowest BCUT2D eigenvalue weighted by Crippen LogP contribution is -2.26. The number of likely N-dealkylation sites (tertiary alicyclic amines) is 1. The summed E-state index contributed by atoms with van der Waals surface area (Å²) in [4.78, 5) is 13.4. The van der Waals surface area contributed by atoms with Crippen LogP contribution in [0.4, 0.5) is 0 Å². The van der Waals surface area contributed by atoms with Gasteiger partial charge in [0, 0.05) is 32.0 Å². The first kappa shape index (κ1) is 11.1. The molecule has 0 bridgehead atoms. The largest absolute Gasteiger partial charge is 0.396 e. The number of nitrogens with zero attached hydrogens (tertiary/aromatic N) is 4. The molecule has 2 heterocycles. The summed E-state index contributed by atoms with van der Waals surface area (Å²) in [5.41, 5.74) is 0. The summed E-state index contributed by atoms with van der Waals surface area (Å²) in [5, 5.41) is 16.8. The van der Waals surface area contributed by atoms with Crippen LogP contribution < -0.4 is 0 Å². The van der Waals surface area contributed by atoms with Gasteiger partial charge in [-0.05, 0) is 6.92 Å². The number of aliphatic hydroxyl groups excluding tert-OH is 1. The van der Waals surface area contributed by atoms with Crippen molar-refractivity contribution in [3.05, 3.63) is 12.2 Å². The molecule has 1 N–H and O–H groups in total. The van der Waals surface area contributed by atoms with E-state index in [1.807, 2.05) is 11.5 Å². The lowest BCUT2D eigenvalue weighted by molar-refractivity contribution is -0.128. The molecule has 16 heavy (non-hydrogen) atoms. The highest BCUT2D eigenvalue weighted by Gasteiger charge is 2.29. The maximum atomic E-state index is 11.6. The quantitative estimate of drug-likeness (QED) is 0.758. The van der Waals surface area contributed by atoms with Gasteiger partial charge in [0.05, 0.1) is 6.54 Å². The van der Waals surface area contributed by atoms with Crippen molar-refractivity contribution in [2.75, 3.05) is 13.2 Å². The van der Waals surface area contributed by atoms with E-state index in [4.69, 9.17) is 5.11 Å². The minimum Gasteiger partial charge on any atom is -0.396 e. The molecule has 6 nitrogen and oxygen atoms in total. The normalized spacial score (nSPS) is 20.8. The molecule has 1 atom stereocenters. The number of hydrogen-bond acceptors (Lipinski definition) is 4. The molecule has 1 aliphatic rings. The van der Waals surface area contributed by atoms with Crippen molar-refractivity contribution >= 4 is 5.91 Å². The molecule has 1 fully saturated rings. The lowest BCUT2D eigenvalue weighted by atomic mass is 10.1. The Balaban J connectivity index is 2.02. The zero-order valence-corrected chi connectivity index (χ0v) is 9.33. The van der Waals surface area contributed by atoms with E-state index in [-0.39, 0.29) is 18.4 Å². The predicted octanol–water partition coefficient (Wildman–Crippen LogP) is -0.361. The van der Waals surface area contributed by atoms with Gasteiger partial charge in [0.25, 0.3) is 0 Å². The number of aliphatic hydroxyl groups is 1. The standard InChI is InChI=1S/C10H16N4O2/c1-2-13-7-11-12-9(13)5-14-4-8(6-15)3-10(14)16/h7-8,15H,2-6H2,1H3. The fraction of sp³-hybridized carbons (Fsp3) is 0.700. The summed E-state index contributed by atoms with van der Waals surface area (Å²) in [6.45, 7) is 3.99. The van der Waals surface area contributed by atoms with E-state index in [1.165, 1.54) is 0 Å². The Morgan fingerprint density at radius 2 is 2.44 bits per heavy atom.